The lowest BCUT2D eigenvalue weighted by Gasteiger charge is -2.29. The minimum Gasteiger partial charge on any atom is -0.508 e. The first kappa shape index (κ1) is 16.2. The molecule has 0 amide bonds. The lowest BCUT2D eigenvalue weighted by molar-refractivity contribution is 0.133. The van der Waals surface area contributed by atoms with Crippen molar-refractivity contribution in [1.82, 2.24) is 0 Å². The Bertz CT molecular complexity index is 332. The molecule has 0 bridgehead atoms. The molecule has 17 heavy (non-hydrogen) atoms. The lowest BCUT2D eigenvalue weighted by atomic mass is 9.83. The van der Waals surface area contributed by atoms with Crippen LogP contribution in [-0.2, 0) is 0 Å². The first-order valence-corrected chi connectivity index (χ1v) is 5.53. The van der Waals surface area contributed by atoms with Gasteiger partial charge in [-0.15, -0.1) is 12.4 Å². The number of hydrogen-bond acceptors (Lipinski definition) is 3. The summed E-state index contributed by atoms with van der Waals surface area (Å²) < 4.78 is 0. The summed E-state index contributed by atoms with van der Waals surface area (Å²) in [5.41, 5.74) is 6.78. The van der Waals surface area contributed by atoms with E-state index in [-0.39, 0.29) is 29.6 Å². The van der Waals surface area contributed by atoms with Gasteiger partial charge in [-0.1, -0.05) is 32.9 Å². The SMILES string of the molecule is CC(C)(C)[C@@H](N)C[C@@H](O)c1ccc(O)cc1.Cl. The van der Waals surface area contributed by atoms with E-state index in [1.165, 1.54) is 0 Å². The van der Waals surface area contributed by atoms with Crippen LogP contribution < -0.4 is 5.73 Å². The molecule has 1 aromatic rings. The zero-order valence-corrected chi connectivity index (χ0v) is 11.4. The van der Waals surface area contributed by atoms with Crippen LogP contribution in [0.2, 0.25) is 0 Å². The average molecular weight is 260 g/mol. The summed E-state index contributed by atoms with van der Waals surface area (Å²) >= 11 is 0. The standard InChI is InChI=1S/C13H21NO2.ClH/c1-13(2,3)12(14)8-11(16)9-4-6-10(15)7-5-9;/h4-7,11-12,15-16H,8,14H2,1-3H3;1H/t11-,12+;/m1./s1. The highest BCUT2D eigenvalue weighted by molar-refractivity contribution is 5.85. The topological polar surface area (TPSA) is 66.5 Å². The third-order valence-corrected chi connectivity index (χ3v) is 2.87. The monoisotopic (exact) mass is 259 g/mol. The molecule has 0 radical (unpaired) electrons. The van der Waals surface area contributed by atoms with Crippen LogP contribution in [0.5, 0.6) is 5.75 Å². The number of hydrogen-bond donors (Lipinski definition) is 3. The molecule has 0 heterocycles. The summed E-state index contributed by atoms with van der Waals surface area (Å²) in [7, 11) is 0. The van der Waals surface area contributed by atoms with Crippen molar-refractivity contribution in [2.24, 2.45) is 11.1 Å². The molecule has 0 aliphatic rings. The number of phenolic OH excluding ortho intramolecular Hbond substituents is 1. The quantitative estimate of drug-likeness (QED) is 0.782. The predicted octanol–water partition coefficient (Wildman–Crippen LogP) is 2.61. The van der Waals surface area contributed by atoms with Crippen LogP contribution >= 0.6 is 12.4 Å². The van der Waals surface area contributed by atoms with E-state index in [1.807, 2.05) is 0 Å². The molecular weight excluding hydrogens is 238 g/mol. The smallest absolute Gasteiger partial charge is 0.115 e. The van der Waals surface area contributed by atoms with Gasteiger partial charge in [0.05, 0.1) is 6.10 Å². The molecule has 0 aliphatic carbocycles. The third-order valence-electron chi connectivity index (χ3n) is 2.87. The van der Waals surface area contributed by atoms with Gasteiger partial charge >= 0.3 is 0 Å². The maximum Gasteiger partial charge on any atom is 0.115 e. The molecule has 0 saturated heterocycles. The second-order valence-electron chi connectivity index (χ2n) is 5.32. The minimum atomic E-state index is -0.574. The van der Waals surface area contributed by atoms with E-state index >= 15 is 0 Å². The maximum atomic E-state index is 9.98. The fourth-order valence-corrected chi connectivity index (χ4v) is 1.43. The van der Waals surface area contributed by atoms with E-state index in [0.29, 0.717) is 6.42 Å². The van der Waals surface area contributed by atoms with E-state index in [4.69, 9.17) is 10.8 Å². The Morgan fingerprint density at radius 1 is 1.18 bits per heavy atom. The molecule has 0 unspecified atom stereocenters. The van der Waals surface area contributed by atoms with Gasteiger partial charge in [-0.25, -0.2) is 0 Å². The molecule has 0 saturated carbocycles. The molecule has 3 nitrogen and oxygen atoms in total. The van der Waals surface area contributed by atoms with Gasteiger partial charge in [0.2, 0.25) is 0 Å². The molecule has 4 N–H and O–H groups in total. The second-order valence-corrected chi connectivity index (χ2v) is 5.32. The average Bonchev–Trinajstić information content (AvgIpc) is 2.17. The Hall–Kier alpha value is -0.770. The Balaban J connectivity index is 0.00000256. The predicted molar refractivity (Wildman–Crippen MR) is 72.4 cm³/mol. The van der Waals surface area contributed by atoms with Crippen molar-refractivity contribution in [1.29, 1.82) is 0 Å². The van der Waals surface area contributed by atoms with Crippen molar-refractivity contribution in [2.75, 3.05) is 0 Å². The zero-order valence-electron chi connectivity index (χ0n) is 10.6. The fraction of sp³-hybridized carbons (Fsp3) is 0.538. The largest absolute Gasteiger partial charge is 0.508 e. The first-order chi connectivity index (χ1) is 7.30. The lowest BCUT2D eigenvalue weighted by Crippen LogP contribution is -2.36. The Morgan fingerprint density at radius 3 is 2.06 bits per heavy atom. The summed E-state index contributed by atoms with van der Waals surface area (Å²) in [5, 5.41) is 19.1. The number of aliphatic hydroxyl groups excluding tert-OH is 1. The molecule has 0 spiro atoms. The summed E-state index contributed by atoms with van der Waals surface area (Å²) in [6.45, 7) is 6.17. The number of rotatable bonds is 3. The summed E-state index contributed by atoms with van der Waals surface area (Å²) in [4.78, 5) is 0. The van der Waals surface area contributed by atoms with Crippen molar-refractivity contribution in [3.63, 3.8) is 0 Å². The summed E-state index contributed by atoms with van der Waals surface area (Å²) in [6.07, 6.45) is -0.0521. The highest BCUT2D eigenvalue weighted by atomic mass is 35.5. The fourth-order valence-electron chi connectivity index (χ4n) is 1.43. The molecular formula is C13H22ClNO2. The minimum absolute atomic E-state index is 0. The second kappa shape index (κ2) is 6.24. The van der Waals surface area contributed by atoms with Gasteiger partial charge in [0.25, 0.3) is 0 Å². The molecule has 1 aromatic carbocycles. The molecule has 0 aromatic heterocycles. The van der Waals surface area contributed by atoms with Crippen LogP contribution in [0, 0.1) is 5.41 Å². The number of aliphatic hydroxyl groups is 1. The van der Waals surface area contributed by atoms with Crippen LogP contribution in [0.3, 0.4) is 0 Å². The molecule has 98 valence electrons. The molecule has 4 heteroatoms. The highest BCUT2D eigenvalue weighted by Crippen LogP contribution is 2.27. The van der Waals surface area contributed by atoms with Gasteiger partial charge in [-0.3, -0.25) is 0 Å². The van der Waals surface area contributed by atoms with E-state index in [0.717, 1.165) is 5.56 Å². The van der Waals surface area contributed by atoms with Crippen molar-refractivity contribution >= 4 is 12.4 Å². The Morgan fingerprint density at radius 2 is 1.65 bits per heavy atom. The maximum absolute atomic E-state index is 9.98. The van der Waals surface area contributed by atoms with E-state index < -0.39 is 6.10 Å². The van der Waals surface area contributed by atoms with E-state index in [2.05, 4.69) is 20.8 Å². The van der Waals surface area contributed by atoms with E-state index in [1.54, 1.807) is 24.3 Å². The summed E-state index contributed by atoms with van der Waals surface area (Å²) in [5.74, 6) is 0.205. The summed E-state index contributed by atoms with van der Waals surface area (Å²) in [6, 6.07) is 6.52. The van der Waals surface area contributed by atoms with E-state index in [9.17, 15) is 5.11 Å². The van der Waals surface area contributed by atoms with Crippen molar-refractivity contribution in [2.45, 2.75) is 39.3 Å². The molecule has 0 fully saturated rings. The van der Waals surface area contributed by atoms with Crippen molar-refractivity contribution in [3.05, 3.63) is 29.8 Å². The normalized spacial score (nSPS) is 14.9. The number of halogens is 1. The van der Waals surface area contributed by atoms with Crippen LogP contribution in [0.4, 0.5) is 0 Å². The highest BCUT2D eigenvalue weighted by Gasteiger charge is 2.23. The van der Waals surface area contributed by atoms with Crippen LogP contribution in [0.25, 0.3) is 0 Å². The Labute approximate surface area is 109 Å². The van der Waals surface area contributed by atoms with Gasteiger partial charge in [0, 0.05) is 6.04 Å². The first-order valence-electron chi connectivity index (χ1n) is 5.53. The van der Waals surface area contributed by atoms with Gasteiger partial charge in [0.15, 0.2) is 0 Å². The van der Waals surface area contributed by atoms with Crippen molar-refractivity contribution < 1.29 is 10.2 Å². The van der Waals surface area contributed by atoms with Gasteiger partial charge in [-0.05, 0) is 29.5 Å². The van der Waals surface area contributed by atoms with Gasteiger partial charge in [0.1, 0.15) is 5.75 Å². The molecule has 1 rings (SSSR count). The van der Waals surface area contributed by atoms with Crippen LogP contribution in [0.15, 0.2) is 24.3 Å². The number of phenols is 1. The Kier molecular flexibility index (Phi) is 5.96. The third kappa shape index (κ3) is 4.94. The van der Waals surface area contributed by atoms with Gasteiger partial charge < -0.3 is 15.9 Å². The number of benzene rings is 1. The van der Waals surface area contributed by atoms with Crippen LogP contribution in [0.1, 0.15) is 38.9 Å². The zero-order chi connectivity index (χ0) is 12.3. The number of aromatic hydroxyl groups is 1. The molecule has 0 aliphatic heterocycles. The van der Waals surface area contributed by atoms with Crippen molar-refractivity contribution in [3.8, 4) is 5.75 Å². The number of nitrogens with two attached hydrogens (primary N) is 1. The van der Waals surface area contributed by atoms with Gasteiger partial charge in [-0.2, -0.15) is 0 Å². The molecule has 2 atom stereocenters. The van der Waals surface area contributed by atoms with Crippen LogP contribution in [-0.4, -0.2) is 16.3 Å².